The predicted molar refractivity (Wildman–Crippen MR) is 60.8 cm³/mol. The van der Waals surface area contributed by atoms with E-state index in [2.05, 4.69) is 6.58 Å². The molecule has 0 aliphatic carbocycles. The highest BCUT2D eigenvalue weighted by Crippen LogP contribution is 2.13. The van der Waals surface area contributed by atoms with E-state index in [9.17, 15) is 4.79 Å². The number of hydrogen-bond donors (Lipinski definition) is 1. The smallest absolute Gasteiger partial charge is 0.307 e. The molecule has 1 N–H and O–H groups in total. The van der Waals surface area contributed by atoms with Gasteiger partial charge in [-0.3, -0.25) is 4.79 Å². The quantitative estimate of drug-likeness (QED) is 0.749. The van der Waals surface area contributed by atoms with Crippen LogP contribution in [0.3, 0.4) is 0 Å². The number of hydrogen-bond acceptors (Lipinski definition) is 1. The predicted octanol–water partition coefficient (Wildman–Crippen LogP) is 2.81. The third kappa shape index (κ3) is 3.58. The number of rotatable bonds is 5. The van der Waals surface area contributed by atoms with Crippen molar-refractivity contribution in [2.75, 3.05) is 0 Å². The summed E-state index contributed by atoms with van der Waals surface area (Å²) in [5, 5.41) is 8.97. The summed E-state index contributed by atoms with van der Waals surface area (Å²) in [7, 11) is 0. The average Bonchev–Trinajstić information content (AvgIpc) is 2.20. The number of aryl methyl sites for hydroxylation is 1. The van der Waals surface area contributed by atoms with Gasteiger partial charge in [0.1, 0.15) is 0 Å². The maximum Gasteiger partial charge on any atom is 0.307 e. The van der Waals surface area contributed by atoms with Gasteiger partial charge in [-0.25, -0.2) is 0 Å². The van der Waals surface area contributed by atoms with Crippen molar-refractivity contribution in [2.24, 2.45) is 5.92 Å². The number of carbonyl (C=O) groups is 1. The number of allylic oxidation sites excluding steroid dienone is 1. The number of aliphatic carboxylic acids is 1. The largest absolute Gasteiger partial charge is 0.481 e. The van der Waals surface area contributed by atoms with Gasteiger partial charge >= 0.3 is 5.97 Å². The van der Waals surface area contributed by atoms with Gasteiger partial charge < -0.3 is 5.11 Å². The van der Waals surface area contributed by atoms with Gasteiger partial charge in [0, 0.05) is 0 Å². The van der Waals surface area contributed by atoms with E-state index in [1.807, 2.05) is 31.2 Å². The van der Waals surface area contributed by atoms with E-state index in [1.54, 1.807) is 6.08 Å². The van der Waals surface area contributed by atoms with Crippen LogP contribution in [0.25, 0.3) is 0 Å². The Bertz CT molecular complexity index is 338. The Morgan fingerprint density at radius 1 is 1.47 bits per heavy atom. The minimum Gasteiger partial charge on any atom is -0.481 e. The second kappa shape index (κ2) is 5.35. The van der Waals surface area contributed by atoms with Crippen molar-refractivity contribution in [1.82, 2.24) is 0 Å². The van der Waals surface area contributed by atoms with Gasteiger partial charge in [-0.2, -0.15) is 0 Å². The first kappa shape index (κ1) is 11.5. The van der Waals surface area contributed by atoms with Crippen molar-refractivity contribution in [3.63, 3.8) is 0 Å². The summed E-state index contributed by atoms with van der Waals surface area (Å²) >= 11 is 0. The summed E-state index contributed by atoms with van der Waals surface area (Å²) in [6.45, 7) is 5.59. The van der Waals surface area contributed by atoms with E-state index in [4.69, 9.17) is 5.11 Å². The Balaban J connectivity index is 2.69. The van der Waals surface area contributed by atoms with E-state index in [0.29, 0.717) is 12.8 Å². The van der Waals surface area contributed by atoms with Crippen LogP contribution < -0.4 is 0 Å². The van der Waals surface area contributed by atoms with Crippen LogP contribution in [0.2, 0.25) is 0 Å². The molecule has 0 radical (unpaired) electrons. The average molecular weight is 204 g/mol. The Labute approximate surface area is 90.3 Å². The molecule has 2 nitrogen and oxygen atoms in total. The molecule has 2 heteroatoms. The van der Waals surface area contributed by atoms with E-state index in [1.165, 1.54) is 5.56 Å². The van der Waals surface area contributed by atoms with E-state index in [0.717, 1.165) is 5.56 Å². The molecule has 1 aromatic carbocycles. The van der Waals surface area contributed by atoms with Crippen LogP contribution in [0, 0.1) is 12.8 Å². The fraction of sp³-hybridized carbons (Fsp3) is 0.308. The maximum atomic E-state index is 10.9. The third-order valence-corrected chi connectivity index (χ3v) is 2.40. The number of benzene rings is 1. The van der Waals surface area contributed by atoms with Crippen molar-refractivity contribution >= 4 is 5.97 Å². The van der Waals surface area contributed by atoms with Gasteiger partial charge in [0.25, 0.3) is 0 Å². The maximum absolute atomic E-state index is 10.9. The van der Waals surface area contributed by atoms with E-state index >= 15 is 0 Å². The van der Waals surface area contributed by atoms with Gasteiger partial charge in [-0.15, -0.1) is 6.58 Å². The van der Waals surface area contributed by atoms with E-state index in [-0.39, 0.29) is 5.92 Å². The summed E-state index contributed by atoms with van der Waals surface area (Å²) in [4.78, 5) is 10.9. The van der Waals surface area contributed by atoms with Gasteiger partial charge in [0.15, 0.2) is 0 Å². The molecular formula is C13H16O2. The molecule has 0 bridgehead atoms. The molecule has 0 spiro atoms. The summed E-state index contributed by atoms with van der Waals surface area (Å²) < 4.78 is 0. The second-order valence-electron chi connectivity index (χ2n) is 3.75. The van der Waals surface area contributed by atoms with Crippen LogP contribution in [0.15, 0.2) is 36.9 Å². The normalized spacial score (nSPS) is 12.1. The molecule has 0 heterocycles. The lowest BCUT2D eigenvalue weighted by atomic mass is 9.96. The standard InChI is InChI=1S/C13H16O2/c1-3-4-12(13(14)15)9-11-7-5-10(2)6-8-11/h3,5-8,12H,1,4,9H2,2H3,(H,14,15)/t12-/m1/s1. The van der Waals surface area contributed by atoms with Gasteiger partial charge in [0.05, 0.1) is 5.92 Å². The van der Waals surface area contributed by atoms with Gasteiger partial charge in [-0.1, -0.05) is 35.9 Å². The van der Waals surface area contributed by atoms with Crippen LogP contribution in [-0.2, 0) is 11.2 Å². The molecule has 0 amide bonds. The zero-order chi connectivity index (χ0) is 11.3. The number of carboxylic acid groups (broad SMARTS) is 1. The molecule has 1 aromatic rings. The van der Waals surface area contributed by atoms with Crippen LogP contribution in [0.4, 0.5) is 0 Å². The van der Waals surface area contributed by atoms with Crippen molar-refractivity contribution in [3.8, 4) is 0 Å². The fourth-order valence-electron chi connectivity index (χ4n) is 1.48. The summed E-state index contributed by atoms with van der Waals surface area (Å²) in [6, 6.07) is 7.97. The highest BCUT2D eigenvalue weighted by Gasteiger charge is 2.15. The van der Waals surface area contributed by atoms with Crippen molar-refractivity contribution in [3.05, 3.63) is 48.0 Å². The summed E-state index contributed by atoms with van der Waals surface area (Å²) in [5.41, 5.74) is 2.25. The van der Waals surface area contributed by atoms with Crippen LogP contribution in [0.1, 0.15) is 17.5 Å². The van der Waals surface area contributed by atoms with Crippen molar-refractivity contribution < 1.29 is 9.90 Å². The summed E-state index contributed by atoms with van der Waals surface area (Å²) in [5.74, 6) is -1.11. The minimum absolute atomic E-state index is 0.356. The van der Waals surface area contributed by atoms with Crippen molar-refractivity contribution in [1.29, 1.82) is 0 Å². The fourth-order valence-corrected chi connectivity index (χ4v) is 1.48. The first-order valence-electron chi connectivity index (χ1n) is 5.02. The Hall–Kier alpha value is -1.57. The molecule has 0 unspecified atom stereocenters. The lowest BCUT2D eigenvalue weighted by molar-refractivity contribution is -0.141. The Morgan fingerprint density at radius 2 is 2.07 bits per heavy atom. The molecule has 1 atom stereocenters. The molecule has 0 saturated carbocycles. The van der Waals surface area contributed by atoms with Crippen LogP contribution >= 0.6 is 0 Å². The molecule has 1 rings (SSSR count). The van der Waals surface area contributed by atoms with Gasteiger partial charge in [0.2, 0.25) is 0 Å². The zero-order valence-electron chi connectivity index (χ0n) is 8.94. The van der Waals surface area contributed by atoms with Crippen LogP contribution in [-0.4, -0.2) is 11.1 Å². The molecular weight excluding hydrogens is 188 g/mol. The molecule has 80 valence electrons. The van der Waals surface area contributed by atoms with Gasteiger partial charge in [-0.05, 0) is 25.3 Å². The van der Waals surface area contributed by atoms with E-state index < -0.39 is 5.97 Å². The lowest BCUT2D eigenvalue weighted by Gasteiger charge is -2.09. The highest BCUT2D eigenvalue weighted by atomic mass is 16.4. The molecule has 0 saturated heterocycles. The first-order valence-corrected chi connectivity index (χ1v) is 5.02. The Kier molecular flexibility index (Phi) is 4.10. The molecule has 0 aromatic heterocycles. The lowest BCUT2D eigenvalue weighted by Crippen LogP contribution is -2.15. The Morgan fingerprint density at radius 3 is 2.53 bits per heavy atom. The second-order valence-corrected chi connectivity index (χ2v) is 3.75. The number of carboxylic acids is 1. The minimum atomic E-state index is -0.754. The molecule has 0 aliphatic heterocycles. The zero-order valence-corrected chi connectivity index (χ0v) is 8.94. The first-order chi connectivity index (χ1) is 7.13. The summed E-state index contributed by atoms with van der Waals surface area (Å²) in [6.07, 6.45) is 2.75. The topological polar surface area (TPSA) is 37.3 Å². The molecule has 0 fully saturated rings. The molecule has 0 aliphatic rings. The SMILES string of the molecule is C=CC[C@H](Cc1ccc(C)cc1)C(=O)O. The molecule has 15 heavy (non-hydrogen) atoms. The monoisotopic (exact) mass is 204 g/mol. The van der Waals surface area contributed by atoms with Crippen molar-refractivity contribution in [2.45, 2.75) is 19.8 Å². The third-order valence-electron chi connectivity index (χ3n) is 2.40. The van der Waals surface area contributed by atoms with Crippen LogP contribution in [0.5, 0.6) is 0 Å². The highest BCUT2D eigenvalue weighted by molar-refractivity contribution is 5.70.